The lowest BCUT2D eigenvalue weighted by molar-refractivity contribution is -0.105. The number of carbonyl (C=O) groups is 1. The number of amides is 1. The molecule has 0 radical (unpaired) electrons. The first-order chi connectivity index (χ1) is 10.9. The van der Waals surface area contributed by atoms with E-state index in [1.807, 2.05) is 48.9 Å². The summed E-state index contributed by atoms with van der Waals surface area (Å²) < 4.78 is 2.02. The molecule has 0 atom stereocenters. The van der Waals surface area contributed by atoms with Crippen LogP contribution < -0.4 is 10.2 Å². The molecule has 2 N–H and O–H groups in total. The highest BCUT2D eigenvalue weighted by molar-refractivity contribution is 5.93. The molecule has 3 rings (SSSR count). The fraction of sp³-hybridized carbons (Fsp3) is 0.529. The summed E-state index contributed by atoms with van der Waals surface area (Å²) in [5.74, 6) is 0. The summed E-state index contributed by atoms with van der Waals surface area (Å²) in [7, 11) is 3.88. The van der Waals surface area contributed by atoms with Crippen molar-refractivity contribution in [2.24, 2.45) is 0 Å². The summed E-state index contributed by atoms with van der Waals surface area (Å²) in [6.07, 6.45) is 6.20. The molecule has 0 saturated heterocycles. The first kappa shape index (κ1) is 15.8. The molecule has 1 aromatic heterocycles. The van der Waals surface area contributed by atoms with Gasteiger partial charge in [0.15, 0.2) is 0 Å². The minimum Gasteiger partial charge on any atom is -0.390 e. The quantitative estimate of drug-likeness (QED) is 0.851. The number of aliphatic hydroxyl groups is 1. The number of benzene rings is 1. The van der Waals surface area contributed by atoms with E-state index in [0.717, 1.165) is 48.0 Å². The summed E-state index contributed by atoms with van der Waals surface area (Å²) in [6.45, 7) is 1.91. The lowest BCUT2D eigenvalue weighted by atomic mass is 9.84. The van der Waals surface area contributed by atoms with Crippen LogP contribution in [-0.2, 0) is 4.79 Å². The zero-order chi connectivity index (χ0) is 16.6. The molecule has 0 bridgehead atoms. The first-order valence-corrected chi connectivity index (χ1v) is 8.02. The van der Waals surface area contributed by atoms with Crippen LogP contribution in [0.4, 0.5) is 11.4 Å². The van der Waals surface area contributed by atoms with E-state index in [9.17, 15) is 9.90 Å². The molecule has 0 aliphatic heterocycles. The van der Waals surface area contributed by atoms with Crippen molar-refractivity contribution in [3.8, 4) is 0 Å². The van der Waals surface area contributed by atoms with Gasteiger partial charge in [-0.2, -0.15) is 5.10 Å². The van der Waals surface area contributed by atoms with Crippen LogP contribution in [0.3, 0.4) is 0 Å². The Hall–Kier alpha value is -2.08. The third-order valence-corrected chi connectivity index (χ3v) is 4.74. The van der Waals surface area contributed by atoms with E-state index in [1.165, 1.54) is 0 Å². The molecule has 1 aromatic carbocycles. The van der Waals surface area contributed by atoms with E-state index in [4.69, 9.17) is 5.10 Å². The standard InChI is InChI=1S/C17H24N4O2/c1-17(23)6-4-13(5-7-17)21-10-12-8-15(18-11-22)16(20(2)3)9-14(12)19-21/h8-11,13,23H,4-7H2,1-3H3,(H,18,22). The van der Waals surface area contributed by atoms with Crippen LogP contribution in [0.25, 0.3) is 10.9 Å². The van der Waals surface area contributed by atoms with Crippen molar-refractivity contribution in [2.75, 3.05) is 24.3 Å². The maximum atomic E-state index is 10.8. The third-order valence-electron chi connectivity index (χ3n) is 4.74. The molecule has 1 fully saturated rings. The smallest absolute Gasteiger partial charge is 0.211 e. The fourth-order valence-electron chi connectivity index (χ4n) is 3.30. The summed E-state index contributed by atoms with van der Waals surface area (Å²) in [5.41, 5.74) is 2.09. The monoisotopic (exact) mass is 316 g/mol. The molecule has 1 aliphatic rings. The van der Waals surface area contributed by atoms with Crippen LogP contribution in [0.2, 0.25) is 0 Å². The van der Waals surface area contributed by atoms with Crippen molar-refractivity contribution in [2.45, 2.75) is 44.2 Å². The van der Waals surface area contributed by atoms with Crippen LogP contribution >= 0.6 is 0 Å². The zero-order valence-electron chi connectivity index (χ0n) is 13.9. The summed E-state index contributed by atoms with van der Waals surface area (Å²) in [5, 5.41) is 18.6. The highest BCUT2D eigenvalue weighted by Crippen LogP contribution is 2.36. The van der Waals surface area contributed by atoms with Crippen LogP contribution in [0, 0.1) is 0 Å². The van der Waals surface area contributed by atoms with E-state index in [1.54, 1.807) is 0 Å². The van der Waals surface area contributed by atoms with E-state index in [0.29, 0.717) is 12.5 Å². The number of anilines is 2. The molecule has 1 saturated carbocycles. The van der Waals surface area contributed by atoms with Gasteiger partial charge in [-0.1, -0.05) is 0 Å². The molecular weight excluding hydrogens is 292 g/mol. The van der Waals surface area contributed by atoms with E-state index in [-0.39, 0.29) is 0 Å². The largest absolute Gasteiger partial charge is 0.390 e. The SMILES string of the molecule is CN(C)c1cc2nn(C3CCC(C)(O)CC3)cc2cc1NC=O. The van der Waals surface area contributed by atoms with Crippen molar-refractivity contribution in [1.29, 1.82) is 0 Å². The zero-order valence-corrected chi connectivity index (χ0v) is 13.9. The molecule has 6 heteroatoms. The Balaban J connectivity index is 1.94. The molecule has 1 amide bonds. The molecule has 124 valence electrons. The van der Waals surface area contributed by atoms with Crippen LogP contribution in [0.5, 0.6) is 0 Å². The molecule has 1 heterocycles. The number of carbonyl (C=O) groups excluding carboxylic acids is 1. The molecule has 6 nitrogen and oxygen atoms in total. The van der Waals surface area contributed by atoms with Crippen LogP contribution in [-0.4, -0.2) is 41.0 Å². The first-order valence-electron chi connectivity index (χ1n) is 8.02. The number of fused-ring (bicyclic) bond motifs is 1. The Kier molecular flexibility index (Phi) is 4.02. The van der Waals surface area contributed by atoms with Gasteiger partial charge in [0, 0.05) is 25.7 Å². The number of hydrogen-bond donors (Lipinski definition) is 2. The maximum Gasteiger partial charge on any atom is 0.211 e. The number of nitrogens with one attached hydrogen (secondary N) is 1. The van der Waals surface area contributed by atoms with Gasteiger partial charge in [0.2, 0.25) is 6.41 Å². The number of nitrogens with zero attached hydrogens (tertiary/aromatic N) is 3. The topological polar surface area (TPSA) is 70.4 Å². The summed E-state index contributed by atoms with van der Waals surface area (Å²) >= 11 is 0. The molecule has 2 aromatic rings. The predicted octanol–water partition coefficient (Wildman–Crippen LogP) is 2.54. The molecule has 23 heavy (non-hydrogen) atoms. The Morgan fingerprint density at radius 1 is 1.39 bits per heavy atom. The van der Waals surface area contributed by atoms with E-state index >= 15 is 0 Å². The van der Waals surface area contributed by atoms with Crippen LogP contribution in [0.1, 0.15) is 38.6 Å². The lowest BCUT2D eigenvalue weighted by Crippen LogP contribution is -2.31. The van der Waals surface area contributed by atoms with Gasteiger partial charge in [0.25, 0.3) is 0 Å². The van der Waals surface area contributed by atoms with E-state index < -0.39 is 5.60 Å². The number of aromatic nitrogens is 2. The van der Waals surface area contributed by atoms with Crippen molar-refractivity contribution in [3.63, 3.8) is 0 Å². The van der Waals surface area contributed by atoms with E-state index in [2.05, 4.69) is 5.32 Å². The highest BCUT2D eigenvalue weighted by Gasteiger charge is 2.29. The lowest BCUT2D eigenvalue weighted by Gasteiger charge is -2.33. The Morgan fingerprint density at radius 2 is 2.09 bits per heavy atom. The van der Waals surface area contributed by atoms with Gasteiger partial charge in [0.1, 0.15) is 0 Å². The second kappa shape index (κ2) is 5.85. The van der Waals surface area contributed by atoms with Crippen molar-refractivity contribution in [1.82, 2.24) is 9.78 Å². The third kappa shape index (κ3) is 3.17. The minimum atomic E-state index is -0.539. The van der Waals surface area contributed by atoms with Gasteiger partial charge < -0.3 is 15.3 Å². The van der Waals surface area contributed by atoms with Gasteiger partial charge in [-0.05, 0) is 44.7 Å². The summed E-state index contributed by atoms with van der Waals surface area (Å²) in [6, 6.07) is 4.28. The fourth-order valence-corrected chi connectivity index (χ4v) is 3.30. The van der Waals surface area contributed by atoms with Gasteiger partial charge in [-0.15, -0.1) is 0 Å². The molecular formula is C17H24N4O2. The Labute approximate surface area is 136 Å². The van der Waals surface area contributed by atoms with Crippen molar-refractivity contribution >= 4 is 28.7 Å². The normalized spacial score (nSPS) is 24.6. The van der Waals surface area contributed by atoms with Crippen LogP contribution in [0.15, 0.2) is 18.3 Å². The maximum absolute atomic E-state index is 10.8. The molecule has 0 unspecified atom stereocenters. The van der Waals surface area contributed by atoms with Gasteiger partial charge in [-0.25, -0.2) is 0 Å². The van der Waals surface area contributed by atoms with Crippen molar-refractivity contribution in [3.05, 3.63) is 18.3 Å². The predicted molar refractivity (Wildman–Crippen MR) is 91.9 cm³/mol. The second-order valence-electron chi connectivity index (χ2n) is 6.92. The average molecular weight is 316 g/mol. The molecule has 1 aliphatic carbocycles. The summed E-state index contributed by atoms with van der Waals surface area (Å²) in [4.78, 5) is 12.8. The number of hydrogen-bond acceptors (Lipinski definition) is 4. The Bertz CT molecular complexity index is 711. The van der Waals surface area contributed by atoms with Gasteiger partial charge in [-0.3, -0.25) is 9.48 Å². The minimum absolute atomic E-state index is 0.327. The van der Waals surface area contributed by atoms with Crippen molar-refractivity contribution < 1.29 is 9.90 Å². The second-order valence-corrected chi connectivity index (χ2v) is 6.92. The van der Waals surface area contributed by atoms with Gasteiger partial charge >= 0.3 is 0 Å². The average Bonchev–Trinajstić information content (AvgIpc) is 2.89. The Morgan fingerprint density at radius 3 is 2.70 bits per heavy atom. The van der Waals surface area contributed by atoms with Gasteiger partial charge in [0.05, 0.1) is 28.5 Å². The molecule has 0 spiro atoms. The highest BCUT2D eigenvalue weighted by atomic mass is 16.3. The number of rotatable bonds is 4.